The largest absolute Gasteiger partial charge is 0.456 e. The number of nitro benzene ring substituents is 1. The summed E-state index contributed by atoms with van der Waals surface area (Å²) in [6.45, 7) is -0.701. The maximum Gasteiger partial charge on any atom is 0.325 e. The number of nitro groups is 1. The molecule has 0 unspecified atom stereocenters. The van der Waals surface area contributed by atoms with Gasteiger partial charge in [0.05, 0.1) is 17.0 Å². The molecule has 3 rings (SSSR count). The van der Waals surface area contributed by atoms with Crippen LogP contribution in [0, 0.1) is 10.1 Å². The van der Waals surface area contributed by atoms with Gasteiger partial charge in [-0.3, -0.25) is 29.4 Å². The van der Waals surface area contributed by atoms with Gasteiger partial charge < -0.3 is 15.4 Å². The molecule has 4 amide bonds. The number of nitrogens with one attached hydrogen (secondary N) is 2. The van der Waals surface area contributed by atoms with Gasteiger partial charge in [-0.05, 0) is 34.8 Å². The lowest BCUT2D eigenvalue weighted by Crippen LogP contribution is -2.48. The number of esters is 1. The average molecular weight is 497 g/mol. The molecule has 0 bridgehead atoms. The zero-order valence-corrected chi connectivity index (χ0v) is 18.1. The molecule has 0 radical (unpaired) electrons. The van der Waals surface area contributed by atoms with Crippen LogP contribution in [0.25, 0.3) is 0 Å². The van der Waals surface area contributed by atoms with Crippen molar-refractivity contribution in [1.82, 2.24) is 10.2 Å². The third-order valence-electron chi connectivity index (χ3n) is 5.29. The van der Waals surface area contributed by atoms with Gasteiger partial charge in [0, 0.05) is 23.2 Å². The minimum Gasteiger partial charge on any atom is -0.456 e. The van der Waals surface area contributed by atoms with E-state index in [1.54, 1.807) is 0 Å². The van der Waals surface area contributed by atoms with Crippen molar-refractivity contribution in [3.8, 4) is 0 Å². The van der Waals surface area contributed by atoms with Gasteiger partial charge in [0.25, 0.3) is 17.5 Å². The van der Waals surface area contributed by atoms with E-state index in [9.17, 15) is 29.3 Å². The van der Waals surface area contributed by atoms with E-state index in [0.29, 0.717) is 17.3 Å². The lowest BCUT2D eigenvalue weighted by Gasteiger charge is -2.30. The lowest BCUT2D eigenvalue weighted by molar-refractivity contribution is -0.384. The van der Waals surface area contributed by atoms with Crippen LogP contribution in [-0.4, -0.2) is 52.3 Å². The number of imide groups is 1. The molecule has 1 saturated carbocycles. The second kappa shape index (κ2) is 9.41. The number of anilines is 1. The molecule has 0 aromatic heterocycles. The van der Waals surface area contributed by atoms with Crippen LogP contribution in [0.2, 0.25) is 0 Å². The Hall–Kier alpha value is -3.02. The Balaban J connectivity index is 1.45. The fourth-order valence-corrected chi connectivity index (χ4v) is 4.17. The Kier molecular flexibility index (Phi) is 6.88. The van der Waals surface area contributed by atoms with Crippen molar-refractivity contribution in [2.45, 2.75) is 44.1 Å². The molecule has 1 aromatic rings. The number of amides is 4. The number of hydrogen-bond donors (Lipinski definition) is 2. The van der Waals surface area contributed by atoms with E-state index in [-0.39, 0.29) is 30.2 Å². The van der Waals surface area contributed by atoms with Gasteiger partial charge in [-0.25, -0.2) is 4.79 Å². The first-order valence-corrected chi connectivity index (χ1v) is 10.5. The molecular weight excluding hydrogens is 476 g/mol. The van der Waals surface area contributed by atoms with Gasteiger partial charge in [0.15, 0.2) is 6.61 Å². The first-order valence-electron chi connectivity index (χ1n) is 9.75. The number of non-ortho nitro benzene ring substituents is 1. The van der Waals surface area contributed by atoms with E-state index in [0.717, 1.165) is 24.2 Å². The Morgan fingerprint density at radius 3 is 2.61 bits per heavy atom. The summed E-state index contributed by atoms with van der Waals surface area (Å²) in [7, 11) is 0. The summed E-state index contributed by atoms with van der Waals surface area (Å²) in [5, 5.41) is 16.0. The summed E-state index contributed by atoms with van der Waals surface area (Å²) in [6.07, 6.45) is 3.71. The van der Waals surface area contributed by atoms with Gasteiger partial charge in [0.1, 0.15) is 5.54 Å². The highest BCUT2D eigenvalue weighted by molar-refractivity contribution is 9.10. The van der Waals surface area contributed by atoms with Crippen LogP contribution in [0.3, 0.4) is 0 Å². The van der Waals surface area contributed by atoms with Crippen LogP contribution in [0.5, 0.6) is 0 Å². The van der Waals surface area contributed by atoms with Crippen LogP contribution in [-0.2, 0) is 19.1 Å². The zero-order valence-electron chi connectivity index (χ0n) is 16.5. The second-order valence-electron chi connectivity index (χ2n) is 7.41. The van der Waals surface area contributed by atoms with Gasteiger partial charge in [0.2, 0.25) is 0 Å². The summed E-state index contributed by atoms with van der Waals surface area (Å²) < 4.78 is 5.20. The van der Waals surface area contributed by atoms with E-state index >= 15 is 0 Å². The van der Waals surface area contributed by atoms with E-state index in [1.807, 2.05) is 0 Å². The van der Waals surface area contributed by atoms with Crippen LogP contribution >= 0.6 is 15.9 Å². The molecule has 12 heteroatoms. The van der Waals surface area contributed by atoms with Crippen LogP contribution in [0.1, 0.15) is 38.5 Å². The van der Waals surface area contributed by atoms with E-state index in [2.05, 4.69) is 26.6 Å². The number of nitrogens with zero attached hydrogens (tertiary/aromatic N) is 2. The summed E-state index contributed by atoms with van der Waals surface area (Å²) in [4.78, 5) is 60.0. The normalized spacial score (nSPS) is 17.4. The number of ether oxygens (including phenoxy) is 1. The summed E-state index contributed by atoms with van der Waals surface area (Å²) in [5.74, 6) is -1.69. The highest BCUT2D eigenvalue weighted by Gasteiger charge is 2.51. The third kappa shape index (κ3) is 5.19. The smallest absolute Gasteiger partial charge is 0.325 e. The number of carbonyl (C=O) groups excluding carboxylic acids is 4. The summed E-state index contributed by atoms with van der Waals surface area (Å²) in [6, 6.07) is 3.30. The molecule has 2 N–H and O–H groups in total. The Labute approximate surface area is 185 Å². The molecule has 1 spiro atoms. The predicted octanol–water partition coefficient (Wildman–Crippen LogP) is 2.48. The van der Waals surface area contributed by atoms with Crippen molar-refractivity contribution in [1.29, 1.82) is 0 Å². The van der Waals surface area contributed by atoms with Gasteiger partial charge in [-0.2, -0.15) is 0 Å². The van der Waals surface area contributed by atoms with Crippen LogP contribution < -0.4 is 10.6 Å². The van der Waals surface area contributed by atoms with Crippen molar-refractivity contribution >= 4 is 51.1 Å². The highest BCUT2D eigenvalue weighted by Crippen LogP contribution is 2.33. The van der Waals surface area contributed by atoms with Crippen molar-refractivity contribution in [2.75, 3.05) is 18.5 Å². The number of benzene rings is 1. The first kappa shape index (κ1) is 22.7. The van der Waals surface area contributed by atoms with E-state index in [1.165, 1.54) is 18.2 Å². The molecular formula is C19H21BrN4O7. The van der Waals surface area contributed by atoms with Crippen LogP contribution in [0.4, 0.5) is 16.2 Å². The van der Waals surface area contributed by atoms with Crippen molar-refractivity contribution in [3.05, 3.63) is 32.8 Å². The number of hydrogen-bond acceptors (Lipinski definition) is 7. The minimum atomic E-state index is -0.850. The summed E-state index contributed by atoms with van der Waals surface area (Å²) in [5.41, 5.74) is -0.715. The molecule has 11 nitrogen and oxygen atoms in total. The maximum atomic E-state index is 12.7. The minimum absolute atomic E-state index is 0.124. The number of halogens is 1. The third-order valence-corrected chi connectivity index (χ3v) is 5.95. The lowest BCUT2D eigenvalue weighted by atomic mass is 9.82. The Morgan fingerprint density at radius 2 is 1.97 bits per heavy atom. The fraction of sp³-hybridized carbons (Fsp3) is 0.474. The number of carbonyl (C=O) groups is 4. The Morgan fingerprint density at radius 1 is 1.26 bits per heavy atom. The van der Waals surface area contributed by atoms with Crippen molar-refractivity contribution in [3.63, 3.8) is 0 Å². The second-order valence-corrected chi connectivity index (χ2v) is 8.26. The molecule has 0 atom stereocenters. The molecule has 1 heterocycles. The Bertz CT molecular complexity index is 930. The SMILES string of the molecule is O=C(COC(=O)CCN1C(=O)NC2(CCCCC2)C1=O)Nc1ccc([N+](=O)[O-])cc1Br. The summed E-state index contributed by atoms with van der Waals surface area (Å²) >= 11 is 3.13. The predicted molar refractivity (Wildman–Crippen MR) is 111 cm³/mol. The van der Waals surface area contributed by atoms with E-state index in [4.69, 9.17) is 4.74 Å². The standard InChI is InChI=1S/C19H21BrN4O7/c20-13-10-12(24(29)30)4-5-14(13)21-15(25)11-31-16(26)6-9-23-17(27)19(22-18(23)28)7-2-1-3-8-19/h4-5,10H,1-3,6-9,11H2,(H,21,25)(H,22,28). The molecule has 1 aliphatic carbocycles. The quantitative estimate of drug-likeness (QED) is 0.255. The molecule has 1 saturated heterocycles. The topological polar surface area (TPSA) is 148 Å². The monoisotopic (exact) mass is 496 g/mol. The molecule has 2 aliphatic rings. The maximum absolute atomic E-state index is 12.7. The molecule has 31 heavy (non-hydrogen) atoms. The molecule has 1 aliphatic heterocycles. The van der Waals surface area contributed by atoms with Crippen LogP contribution in [0.15, 0.2) is 22.7 Å². The fourth-order valence-electron chi connectivity index (χ4n) is 3.70. The molecule has 2 fully saturated rings. The number of urea groups is 1. The first-order chi connectivity index (χ1) is 14.7. The molecule has 1 aromatic carbocycles. The van der Waals surface area contributed by atoms with Crippen molar-refractivity contribution < 1.29 is 28.8 Å². The van der Waals surface area contributed by atoms with Crippen molar-refractivity contribution in [2.24, 2.45) is 0 Å². The van der Waals surface area contributed by atoms with Gasteiger partial charge in [-0.15, -0.1) is 0 Å². The van der Waals surface area contributed by atoms with E-state index < -0.39 is 35.0 Å². The number of rotatable bonds is 7. The zero-order chi connectivity index (χ0) is 22.6. The molecule has 166 valence electrons. The highest BCUT2D eigenvalue weighted by atomic mass is 79.9. The van der Waals surface area contributed by atoms with Gasteiger partial charge >= 0.3 is 12.0 Å². The average Bonchev–Trinajstić information content (AvgIpc) is 2.95. The van der Waals surface area contributed by atoms with Gasteiger partial charge in [-0.1, -0.05) is 19.3 Å².